The van der Waals surface area contributed by atoms with Gasteiger partial charge in [-0.15, -0.1) is 0 Å². The van der Waals surface area contributed by atoms with Crippen LogP contribution in [0.3, 0.4) is 0 Å². The van der Waals surface area contributed by atoms with E-state index in [0.717, 1.165) is 11.3 Å². The van der Waals surface area contributed by atoms with E-state index >= 15 is 0 Å². The van der Waals surface area contributed by atoms with Gasteiger partial charge in [0.15, 0.2) is 0 Å². The SMILES string of the molecule is O=C1O/C(=C/I)[C@@H](c2ccccc2)CN1c1ccccc1. The number of carbonyl (C=O) groups is 1. The summed E-state index contributed by atoms with van der Waals surface area (Å²) in [5.41, 5.74) is 2.00. The third-order valence-electron chi connectivity index (χ3n) is 3.51. The van der Waals surface area contributed by atoms with Crippen LogP contribution in [0.2, 0.25) is 0 Å². The molecule has 0 radical (unpaired) electrons. The Kier molecular flexibility index (Phi) is 4.24. The first kappa shape index (κ1) is 14.1. The van der Waals surface area contributed by atoms with Crippen molar-refractivity contribution in [1.82, 2.24) is 0 Å². The number of anilines is 1. The van der Waals surface area contributed by atoms with Gasteiger partial charge in [0, 0.05) is 16.3 Å². The standard InChI is InChI=1S/C17H14INO2/c18-11-16-15(13-7-3-1-4-8-13)12-19(17(20)21-16)14-9-5-2-6-10-14/h1-11,15H,12H2/b16-11+/t15-/m1/s1. The number of cyclic esters (lactones) is 1. The Balaban J connectivity index is 1.94. The molecule has 1 heterocycles. The highest BCUT2D eigenvalue weighted by Crippen LogP contribution is 2.34. The second-order valence-corrected chi connectivity index (χ2v) is 5.41. The summed E-state index contributed by atoms with van der Waals surface area (Å²) < 4.78 is 7.35. The summed E-state index contributed by atoms with van der Waals surface area (Å²) in [5, 5.41) is 0. The zero-order valence-electron chi connectivity index (χ0n) is 11.3. The van der Waals surface area contributed by atoms with Gasteiger partial charge in [0.05, 0.1) is 5.92 Å². The van der Waals surface area contributed by atoms with Crippen LogP contribution in [0.15, 0.2) is 70.5 Å². The van der Waals surface area contributed by atoms with Crippen LogP contribution < -0.4 is 4.90 Å². The number of benzene rings is 2. The molecule has 2 aromatic rings. The molecule has 3 nitrogen and oxygen atoms in total. The highest BCUT2D eigenvalue weighted by atomic mass is 127. The number of hydrogen-bond donors (Lipinski definition) is 0. The molecule has 3 rings (SSSR count). The van der Waals surface area contributed by atoms with Crippen molar-refractivity contribution in [3.05, 3.63) is 76.1 Å². The maximum atomic E-state index is 12.2. The summed E-state index contributed by atoms with van der Waals surface area (Å²) in [7, 11) is 0. The monoisotopic (exact) mass is 391 g/mol. The molecule has 0 bridgehead atoms. The van der Waals surface area contributed by atoms with Gasteiger partial charge in [-0.2, -0.15) is 0 Å². The molecule has 1 saturated heterocycles. The van der Waals surface area contributed by atoms with Gasteiger partial charge in [0.1, 0.15) is 5.76 Å². The fourth-order valence-electron chi connectivity index (χ4n) is 2.45. The van der Waals surface area contributed by atoms with E-state index in [1.165, 1.54) is 0 Å². The van der Waals surface area contributed by atoms with Crippen LogP contribution in [0.5, 0.6) is 0 Å². The van der Waals surface area contributed by atoms with Gasteiger partial charge < -0.3 is 4.74 Å². The number of amides is 1. The number of hydrogen-bond acceptors (Lipinski definition) is 2. The molecule has 1 amide bonds. The van der Waals surface area contributed by atoms with Gasteiger partial charge >= 0.3 is 6.09 Å². The number of ether oxygens (including phenoxy) is 1. The first-order valence-corrected chi connectivity index (χ1v) is 7.94. The molecule has 0 N–H and O–H groups in total. The molecule has 4 heteroatoms. The van der Waals surface area contributed by atoms with E-state index in [9.17, 15) is 4.79 Å². The van der Waals surface area contributed by atoms with Crippen molar-refractivity contribution in [3.8, 4) is 0 Å². The van der Waals surface area contributed by atoms with Crippen molar-refractivity contribution in [2.45, 2.75) is 5.92 Å². The minimum Gasteiger partial charge on any atom is -0.413 e. The summed E-state index contributed by atoms with van der Waals surface area (Å²) in [6, 6.07) is 19.7. The molecule has 106 valence electrons. The van der Waals surface area contributed by atoms with Gasteiger partial charge in [-0.05, 0) is 40.3 Å². The quantitative estimate of drug-likeness (QED) is 0.695. The fraction of sp³-hybridized carbons (Fsp3) is 0.118. The lowest BCUT2D eigenvalue weighted by atomic mass is 9.96. The predicted molar refractivity (Wildman–Crippen MR) is 91.6 cm³/mol. The molecule has 0 spiro atoms. The average molecular weight is 391 g/mol. The van der Waals surface area contributed by atoms with E-state index in [1.807, 2.05) is 52.6 Å². The van der Waals surface area contributed by atoms with Crippen LogP contribution in [0, 0.1) is 0 Å². The average Bonchev–Trinajstić information content (AvgIpc) is 2.56. The molecule has 0 unspecified atom stereocenters. The molecule has 1 aliphatic heterocycles. The van der Waals surface area contributed by atoms with Crippen LogP contribution in [-0.4, -0.2) is 12.6 Å². The van der Waals surface area contributed by atoms with Crippen molar-refractivity contribution in [1.29, 1.82) is 0 Å². The first-order chi connectivity index (χ1) is 10.3. The molecule has 1 aliphatic rings. The van der Waals surface area contributed by atoms with Crippen molar-refractivity contribution in [3.63, 3.8) is 0 Å². The van der Waals surface area contributed by atoms with Crippen LogP contribution in [0.25, 0.3) is 0 Å². The Labute approximate surface area is 137 Å². The van der Waals surface area contributed by atoms with Crippen molar-refractivity contribution in [2.24, 2.45) is 0 Å². The molecule has 1 atom stereocenters. The summed E-state index contributed by atoms with van der Waals surface area (Å²) >= 11 is 2.12. The largest absolute Gasteiger partial charge is 0.419 e. The number of rotatable bonds is 2. The van der Waals surface area contributed by atoms with E-state index in [-0.39, 0.29) is 12.0 Å². The first-order valence-electron chi connectivity index (χ1n) is 6.69. The Hall–Kier alpha value is -1.82. The Morgan fingerprint density at radius 1 is 1.05 bits per heavy atom. The van der Waals surface area contributed by atoms with Gasteiger partial charge in [-0.1, -0.05) is 48.5 Å². The third-order valence-corrected chi connectivity index (χ3v) is 4.13. The number of carbonyl (C=O) groups excluding carboxylic acids is 1. The van der Waals surface area contributed by atoms with Crippen LogP contribution in [-0.2, 0) is 4.74 Å². The zero-order chi connectivity index (χ0) is 14.7. The normalized spacial score (nSPS) is 20.4. The number of para-hydroxylation sites is 1. The lowest BCUT2D eigenvalue weighted by Crippen LogP contribution is -2.41. The smallest absolute Gasteiger partial charge is 0.413 e. The van der Waals surface area contributed by atoms with Gasteiger partial charge in [-0.25, -0.2) is 4.79 Å². The molecule has 2 aromatic carbocycles. The summed E-state index contributed by atoms with van der Waals surface area (Å²) in [5.74, 6) is 0.764. The van der Waals surface area contributed by atoms with Gasteiger partial charge in [0.2, 0.25) is 0 Å². The Morgan fingerprint density at radius 2 is 1.67 bits per heavy atom. The second kappa shape index (κ2) is 6.30. The minimum absolute atomic E-state index is 0.0565. The molecule has 21 heavy (non-hydrogen) atoms. The second-order valence-electron chi connectivity index (χ2n) is 4.79. The van der Waals surface area contributed by atoms with E-state index in [4.69, 9.17) is 4.74 Å². The Bertz CT molecular complexity index is 655. The highest BCUT2D eigenvalue weighted by molar-refractivity contribution is 14.1. The molecular formula is C17H14INO2. The summed E-state index contributed by atoms with van der Waals surface area (Å²) in [4.78, 5) is 13.9. The van der Waals surface area contributed by atoms with Crippen LogP contribution >= 0.6 is 22.6 Å². The zero-order valence-corrected chi connectivity index (χ0v) is 13.4. The molecular weight excluding hydrogens is 377 g/mol. The molecule has 0 aromatic heterocycles. The van der Waals surface area contributed by atoms with Gasteiger partial charge in [-0.3, -0.25) is 4.90 Å². The fourth-order valence-corrected chi connectivity index (χ4v) is 3.01. The van der Waals surface area contributed by atoms with Crippen molar-refractivity contribution < 1.29 is 9.53 Å². The van der Waals surface area contributed by atoms with Crippen molar-refractivity contribution in [2.75, 3.05) is 11.4 Å². The Morgan fingerprint density at radius 3 is 2.29 bits per heavy atom. The highest BCUT2D eigenvalue weighted by Gasteiger charge is 2.33. The minimum atomic E-state index is -0.323. The maximum Gasteiger partial charge on any atom is 0.419 e. The summed E-state index contributed by atoms with van der Waals surface area (Å²) in [6.07, 6.45) is -0.323. The number of halogens is 1. The lowest BCUT2D eigenvalue weighted by molar-refractivity contribution is 0.167. The van der Waals surface area contributed by atoms with E-state index in [2.05, 4.69) is 34.7 Å². The molecule has 0 aliphatic carbocycles. The predicted octanol–water partition coefficient (Wildman–Crippen LogP) is 4.70. The van der Waals surface area contributed by atoms with Crippen LogP contribution in [0.4, 0.5) is 10.5 Å². The number of nitrogens with zero attached hydrogens (tertiary/aromatic N) is 1. The molecule has 1 fully saturated rings. The van der Waals surface area contributed by atoms with Crippen molar-refractivity contribution >= 4 is 34.4 Å². The third kappa shape index (κ3) is 2.95. The maximum absolute atomic E-state index is 12.2. The van der Waals surface area contributed by atoms with E-state index in [1.54, 1.807) is 4.90 Å². The lowest BCUT2D eigenvalue weighted by Gasteiger charge is -2.33. The molecule has 0 saturated carbocycles. The summed E-state index contributed by atoms with van der Waals surface area (Å²) in [6.45, 7) is 0.585. The van der Waals surface area contributed by atoms with Crippen LogP contribution in [0.1, 0.15) is 11.5 Å². The topological polar surface area (TPSA) is 29.5 Å². The van der Waals surface area contributed by atoms with E-state index < -0.39 is 0 Å². The van der Waals surface area contributed by atoms with Gasteiger partial charge in [0.25, 0.3) is 0 Å². The van der Waals surface area contributed by atoms with E-state index in [0.29, 0.717) is 12.3 Å².